The SMILES string of the molecule is C[C@H](NC(=O)CCN1C(=O)Cc2ccccc2C1=O)c1ccc(F)cc1F. The first-order valence-corrected chi connectivity index (χ1v) is 8.53. The number of carbonyl (C=O) groups excluding carboxylic acids is 3. The second-order valence-electron chi connectivity index (χ2n) is 6.39. The van der Waals surface area contributed by atoms with Crippen LogP contribution in [0.2, 0.25) is 0 Å². The number of fused-ring (bicyclic) bond motifs is 1. The lowest BCUT2D eigenvalue weighted by atomic mass is 9.98. The van der Waals surface area contributed by atoms with Gasteiger partial charge in [-0.15, -0.1) is 0 Å². The Labute approximate surface area is 155 Å². The van der Waals surface area contributed by atoms with Crippen molar-refractivity contribution in [3.8, 4) is 0 Å². The molecule has 3 amide bonds. The Morgan fingerprint density at radius 3 is 2.67 bits per heavy atom. The molecule has 0 unspecified atom stereocenters. The number of carbonyl (C=O) groups is 3. The van der Waals surface area contributed by atoms with E-state index in [0.29, 0.717) is 11.1 Å². The van der Waals surface area contributed by atoms with Crippen LogP contribution in [0.1, 0.15) is 40.9 Å². The van der Waals surface area contributed by atoms with Gasteiger partial charge in [-0.2, -0.15) is 0 Å². The van der Waals surface area contributed by atoms with Crippen molar-refractivity contribution >= 4 is 17.7 Å². The maximum absolute atomic E-state index is 13.8. The van der Waals surface area contributed by atoms with Crippen molar-refractivity contribution < 1.29 is 23.2 Å². The van der Waals surface area contributed by atoms with Crippen LogP contribution in [0.25, 0.3) is 0 Å². The quantitative estimate of drug-likeness (QED) is 0.821. The van der Waals surface area contributed by atoms with Crippen LogP contribution in [0, 0.1) is 11.6 Å². The van der Waals surface area contributed by atoms with E-state index in [4.69, 9.17) is 0 Å². The molecule has 140 valence electrons. The summed E-state index contributed by atoms with van der Waals surface area (Å²) in [6.07, 6.45) is 0.00747. The fraction of sp³-hybridized carbons (Fsp3) is 0.250. The van der Waals surface area contributed by atoms with Gasteiger partial charge in [-0.25, -0.2) is 8.78 Å². The Balaban J connectivity index is 1.60. The van der Waals surface area contributed by atoms with E-state index in [9.17, 15) is 23.2 Å². The molecule has 0 radical (unpaired) electrons. The molecule has 0 fully saturated rings. The molecular formula is C20H18F2N2O3. The summed E-state index contributed by atoms with van der Waals surface area (Å²) in [6.45, 7) is 1.51. The average molecular weight is 372 g/mol. The summed E-state index contributed by atoms with van der Waals surface area (Å²) in [4.78, 5) is 37.8. The zero-order valence-electron chi connectivity index (χ0n) is 14.7. The van der Waals surface area contributed by atoms with Crippen LogP contribution in [0.4, 0.5) is 8.78 Å². The van der Waals surface area contributed by atoms with E-state index in [0.717, 1.165) is 17.0 Å². The van der Waals surface area contributed by atoms with Gasteiger partial charge in [0.25, 0.3) is 5.91 Å². The van der Waals surface area contributed by atoms with E-state index in [-0.39, 0.29) is 30.9 Å². The molecule has 2 aromatic rings. The minimum atomic E-state index is -0.749. The topological polar surface area (TPSA) is 66.5 Å². The number of imide groups is 1. The van der Waals surface area contributed by atoms with E-state index in [1.54, 1.807) is 31.2 Å². The molecule has 1 atom stereocenters. The number of nitrogens with one attached hydrogen (secondary N) is 1. The highest BCUT2D eigenvalue weighted by Gasteiger charge is 2.30. The molecule has 1 aliphatic rings. The fourth-order valence-corrected chi connectivity index (χ4v) is 3.08. The van der Waals surface area contributed by atoms with Gasteiger partial charge in [0.05, 0.1) is 12.5 Å². The number of hydrogen-bond donors (Lipinski definition) is 1. The highest BCUT2D eigenvalue weighted by atomic mass is 19.1. The third-order valence-corrected chi connectivity index (χ3v) is 4.50. The van der Waals surface area contributed by atoms with E-state index in [1.165, 1.54) is 6.07 Å². The van der Waals surface area contributed by atoms with Gasteiger partial charge >= 0.3 is 0 Å². The molecule has 0 saturated heterocycles. The zero-order valence-corrected chi connectivity index (χ0v) is 14.7. The summed E-state index contributed by atoms with van der Waals surface area (Å²) in [6, 6.07) is 9.32. The maximum Gasteiger partial charge on any atom is 0.260 e. The van der Waals surface area contributed by atoms with Gasteiger partial charge in [0.2, 0.25) is 11.8 Å². The van der Waals surface area contributed by atoms with Gasteiger partial charge in [0.15, 0.2) is 0 Å². The number of halogens is 2. The molecule has 0 aromatic heterocycles. The molecule has 1 N–H and O–H groups in total. The number of benzene rings is 2. The van der Waals surface area contributed by atoms with Crippen LogP contribution >= 0.6 is 0 Å². The molecule has 5 nitrogen and oxygen atoms in total. The predicted molar refractivity (Wildman–Crippen MR) is 93.7 cm³/mol. The maximum atomic E-state index is 13.8. The summed E-state index contributed by atoms with van der Waals surface area (Å²) >= 11 is 0. The molecule has 0 saturated carbocycles. The van der Waals surface area contributed by atoms with E-state index in [1.807, 2.05) is 0 Å². The van der Waals surface area contributed by atoms with Gasteiger partial charge in [-0.3, -0.25) is 19.3 Å². The lowest BCUT2D eigenvalue weighted by molar-refractivity contribution is -0.129. The summed E-state index contributed by atoms with van der Waals surface area (Å²) in [5.41, 5.74) is 1.29. The van der Waals surface area contributed by atoms with Crippen molar-refractivity contribution in [1.82, 2.24) is 10.2 Å². The Morgan fingerprint density at radius 1 is 1.19 bits per heavy atom. The number of amides is 3. The normalized spacial score (nSPS) is 14.7. The Kier molecular flexibility index (Phi) is 5.30. The second-order valence-corrected chi connectivity index (χ2v) is 6.39. The zero-order chi connectivity index (χ0) is 19.6. The highest BCUT2D eigenvalue weighted by Crippen LogP contribution is 2.20. The third-order valence-electron chi connectivity index (χ3n) is 4.50. The van der Waals surface area contributed by atoms with Crippen molar-refractivity contribution in [3.05, 3.63) is 70.8 Å². The molecule has 0 bridgehead atoms. The average Bonchev–Trinajstić information content (AvgIpc) is 2.61. The minimum absolute atomic E-state index is 0.0591. The van der Waals surface area contributed by atoms with Gasteiger partial charge in [0.1, 0.15) is 11.6 Å². The summed E-state index contributed by atoms with van der Waals surface area (Å²) < 4.78 is 26.8. The first-order valence-electron chi connectivity index (χ1n) is 8.53. The molecule has 0 aliphatic carbocycles. The molecular weight excluding hydrogens is 354 g/mol. The van der Waals surface area contributed by atoms with Crippen molar-refractivity contribution in [2.45, 2.75) is 25.8 Å². The van der Waals surface area contributed by atoms with E-state index in [2.05, 4.69) is 5.32 Å². The molecule has 3 rings (SSSR count). The van der Waals surface area contributed by atoms with Crippen LogP contribution in [-0.4, -0.2) is 29.2 Å². The summed E-state index contributed by atoms with van der Waals surface area (Å²) in [5.74, 6) is -2.67. The third kappa shape index (κ3) is 4.02. The van der Waals surface area contributed by atoms with E-state index < -0.39 is 29.5 Å². The summed E-state index contributed by atoms with van der Waals surface area (Å²) in [7, 11) is 0. The van der Waals surface area contributed by atoms with Crippen LogP contribution in [0.3, 0.4) is 0 Å². The Hall–Kier alpha value is -3.09. The lowest BCUT2D eigenvalue weighted by Crippen LogP contribution is -2.44. The van der Waals surface area contributed by atoms with Crippen molar-refractivity contribution in [2.75, 3.05) is 6.54 Å². The molecule has 1 aliphatic heterocycles. The lowest BCUT2D eigenvalue weighted by Gasteiger charge is -2.26. The Bertz CT molecular complexity index is 914. The highest BCUT2D eigenvalue weighted by molar-refractivity contribution is 6.09. The predicted octanol–water partition coefficient (Wildman–Crippen LogP) is 2.76. The first-order chi connectivity index (χ1) is 12.9. The molecule has 2 aromatic carbocycles. The molecule has 0 spiro atoms. The smallest absolute Gasteiger partial charge is 0.260 e. The van der Waals surface area contributed by atoms with Crippen LogP contribution in [0.15, 0.2) is 42.5 Å². The largest absolute Gasteiger partial charge is 0.349 e. The Morgan fingerprint density at radius 2 is 1.93 bits per heavy atom. The van der Waals surface area contributed by atoms with Crippen LogP contribution in [0.5, 0.6) is 0 Å². The summed E-state index contributed by atoms with van der Waals surface area (Å²) in [5, 5.41) is 2.59. The van der Waals surface area contributed by atoms with Crippen molar-refractivity contribution in [1.29, 1.82) is 0 Å². The second kappa shape index (κ2) is 7.65. The van der Waals surface area contributed by atoms with E-state index >= 15 is 0 Å². The first kappa shape index (κ1) is 18.7. The molecule has 7 heteroatoms. The standard InChI is InChI=1S/C20H18F2N2O3/c1-12(15-7-6-14(21)11-17(15)22)23-18(25)8-9-24-19(26)10-13-4-2-3-5-16(13)20(24)27/h2-7,11-12H,8-10H2,1H3,(H,23,25)/t12-/m0/s1. The van der Waals surface area contributed by atoms with Gasteiger partial charge < -0.3 is 5.32 Å². The van der Waals surface area contributed by atoms with Gasteiger partial charge in [0, 0.05) is 30.2 Å². The number of nitrogens with zero attached hydrogens (tertiary/aromatic N) is 1. The fourth-order valence-electron chi connectivity index (χ4n) is 3.08. The van der Waals surface area contributed by atoms with Crippen LogP contribution < -0.4 is 5.32 Å². The van der Waals surface area contributed by atoms with Crippen molar-refractivity contribution in [2.24, 2.45) is 0 Å². The monoisotopic (exact) mass is 372 g/mol. The molecule has 27 heavy (non-hydrogen) atoms. The van der Waals surface area contributed by atoms with Gasteiger partial charge in [-0.1, -0.05) is 24.3 Å². The molecule has 1 heterocycles. The van der Waals surface area contributed by atoms with Crippen LogP contribution in [-0.2, 0) is 16.0 Å². The van der Waals surface area contributed by atoms with Crippen molar-refractivity contribution in [3.63, 3.8) is 0 Å². The minimum Gasteiger partial charge on any atom is -0.349 e. The number of hydrogen-bond acceptors (Lipinski definition) is 3. The van der Waals surface area contributed by atoms with Gasteiger partial charge in [-0.05, 0) is 24.6 Å². The number of rotatable bonds is 5.